The van der Waals surface area contributed by atoms with E-state index in [9.17, 15) is 4.79 Å². The second-order valence-corrected chi connectivity index (χ2v) is 1.79. The predicted molar refractivity (Wildman–Crippen MR) is 35.0 cm³/mol. The highest BCUT2D eigenvalue weighted by Crippen LogP contribution is 1.65. The molecule has 0 saturated heterocycles. The molecule has 56 valence electrons. The number of hydrogen-bond acceptors (Lipinski definition) is 3. The van der Waals surface area contributed by atoms with Crippen LogP contribution in [0.5, 0.6) is 0 Å². The van der Waals surface area contributed by atoms with E-state index in [-0.39, 0.29) is 12.1 Å². The maximum absolute atomic E-state index is 9.59. The predicted octanol–water partition coefficient (Wildman–Crippen LogP) is 0.566. The number of aliphatic hydroxyl groups excluding tert-OH is 1. The van der Waals surface area contributed by atoms with E-state index in [1.165, 1.54) is 14.0 Å². The Hall–Kier alpha value is -0.570. The molecule has 0 saturated carbocycles. The molecule has 9 heavy (non-hydrogen) atoms. The molecule has 0 radical (unpaired) electrons. The molecular weight excluding hydrogens is 120 g/mol. The monoisotopic (exact) mass is 134 g/mol. The third-order valence-electron chi connectivity index (χ3n) is 0.287. The van der Waals surface area contributed by atoms with Crippen LogP contribution in [-0.4, -0.2) is 24.3 Å². The van der Waals surface area contributed by atoms with Gasteiger partial charge < -0.3 is 9.84 Å². The van der Waals surface area contributed by atoms with E-state index < -0.39 is 0 Å². The summed E-state index contributed by atoms with van der Waals surface area (Å²) in [6, 6.07) is 0. The molecule has 0 aromatic heterocycles. The van der Waals surface area contributed by atoms with E-state index >= 15 is 0 Å². The van der Waals surface area contributed by atoms with Crippen molar-refractivity contribution in [2.75, 3.05) is 7.11 Å². The summed E-state index contributed by atoms with van der Waals surface area (Å²) in [6.07, 6.45) is -0.167. The van der Waals surface area contributed by atoms with Crippen molar-refractivity contribution >= 4 is 5.97 Å². The number of ether oxygens (including phenoxy) is 1. The van der Waals surface area contributed by atoms with Gasteiger partial charge >= 0.3 is 5.97 Å². The first-order valence-electron chi connectivity index (χ1n) is 2.73. The molecule has 1 N–H and O–H groups in total. The summed E-state index contributed by atoms with van der Waals surface area (Å²) in [6.45, 7) is 4.81. The van der Waals surface area contributed by atoms with Crippen LogP contribution < -0.4 is 0 Å². The van der Waals surface area contributed by atoms with Crippen molar-refractivity contribution in [3.63, 3.8) is 0 Å². The van der Waals surface area contributed by atoms with E-state index in [2.05, 4.69) is 4.74 Å². The maximum atomic E-state index is 9.59. The lowest BCUT2D eigenvalue weighted by molar-refractivity contribution is -0.137. The molecule has 0 spiro atoms. The lowest BCUT2D eigenvalue weighted by atomic mass is 10.5. The highest BCUT2D eigenvalue weighted by molar-refractivity contribution is 5.65. The van der Waals surface area contributed by atoms with Crippen molar-refractivity contribution in [1.29, 1.82) is 0 Å². The lowest BCUT2D eigenvalue weighted by Gasteiger charge is -1.80. The van der Waals surface area contributed by atoms with E-state index in [0.717, 1.165) is 0 Å². The maximum Gasteiger partial charge on any atom is 0.302 e. The third-order valence-corrected chi connectivity index (χ3v) is 0.287. The summed E-state index contributed by atoms with van der Waals surface area (Å²) in [5, 5.41) is 8.06. The van der Waals surface area contributed by atoms with E-state index in [0.29, 0.717) is 0 Å². The Kier molecular flexibility index (Phi) is 9.29. The molecular formula is C6H14O3. The van der Waals surface area contributed by atoms with Gasteiger partial charge in [0.1, 0.15) is 0 Å². The summed E-state index contributed by atoms with van der Waals surface area (Å²) >= 11 is 0. The van der Waals surface area contributed by atoms with Crippen molar-refractivity contribution in [3.8, 4) is 0 Å². The molecule has 0 aliphatic carbocycles. The Morgan fingerprint density at radius 1 is 1.56 bits per heavy atom. The average molecular weight is 134 g/mol. The van der Waals surface area contributed by atoms with Crippen LogP contribution in [0.2, 0.25) is 0 Å². The van der Waals surface area contributed by atoms with Gasteiger partial charge in [-0.25, -0.2) is 0 Å². The fraction of sp³-hybridized carbons (Fsp3) is 0.833. The van der Waals surface area contributed by atoms with Crippen LogP contribution in [0.1, 0.15) is 20.8 Å². The van der Waals surface area contributed by atoms with Crippen LogP contribution in [0.3, 0.4) is 0 Å². The molecule has 0 amide bonds. The van der Waals surface area contributed by atoms with Gasteiger partial charge in [0, 0.05) is 13.0 Å². The number of aliphatic hydroxyl groups is 1. The minimum absolute atomic E-state index is 0.167. The first-order chi connectivity index (χ1) is 4.00. The van der Waals surface area contributed by atoms with Crippen molar-refractivity contribution in [3.05, 3.63) is 0 Å². The molecule has 0 aliphatic rings. The van der Waals surface area contributed by atoms with Crippen molar-refractivity contribution < 1.29 is 14.6 Å². The van der Waals surface area contributed by atoms with Crippen molar-refractivity contribution in [1.82, 2.24) is 0 Å². The minimum atomic E-state index is -0.245. The van der Waals surface area contributed by atoms with Crippen LogP contribution in [0.25, 0.3) is 0 Å². The fourth-order valence-electron chi connectivity index (χ4n) is 0. The second kappa shape index (κ2) is 7.43. The zero-order valence-electron chi connectivity index (χ0n) is 6.34. The number of hydrogen-bond donors (Lipinski definition) is 1. The molecule has 0 aromatic rings. The zero-order chi connectivity index (χ0) is 7.86. The van der Waals surface area contributed by atoms with Gasteiger partial charge in [0.15, 0.2) is 0 Å². The van der Waals surface area contributed by atoms with Gasteiger partial charge in [0.2, 0.25) is 0 Å². The van der Waals surface area contributed by atoms with Gasteiger partial charge in [-0.2, -0.15) is 0 Å². The van der Waals surface area contributed by atoms with Gasteiger partial charge in [-0.3, -0.25) is 4.79 Å². The highest BCUT2D eigenvalue weighted by Gasteiger charge is 1.75. The van der Waals surface area contributed by atoms with E-state index in [4.69, 9.17) is 5.11 Å². The Morgan fingerprint density at radius 2 is 1.67 bits per heavy atom. The molecule has 0 aromatic carbocycles. The summed E-state index contributed by atoms with van der Waals surface area (Å²) in [4.78, 5) is 9.59. The Morgan fingerprint density at radius 3 is 1.67 bits per heavy atom. The first-order valence-corrected chi connectivity index (χ1v) is 2.73. The summed E-state index contributed by atoms with van der Waals surface area (Å²) < 4.78 is 4.11. The average Bonchev–Trinajstić information content (AvgIpc) is 1.65. The number of carbonyl (C=O) groups is 1. The second-order valence-electron chi connectivity index (χ2n) is 1.79. The van der Waals surface area contributed by atoms with Crippen LogP contribution in [0.15, 0.2) is 0 Å². The molecule has 0 atom stereocenters. The smallest absolute Gasteiger partial charge is 0.302 e. The van der Waals surface area contributed by atoms with Gasteiger partial charge in [-0.15, -0.1) is 0 Å². The molecule has 0 aliphatic heterocycles. The highest BCUT2D eigenvalue weighted by atomic mass is 16.5. The summed E-state index contributed by atoms with van der Waals surface area (Å²) in [7, 11) is 1.35. The molecule has 0 rings (SSSR count). The van der Waals surface area contributed by atoms with Crippen LogP contribution in [0, 0.1) is 0 Å². The number of rotatable bonds is 0. The molecule has 0 heterocycles. The van der Waals surface area contributed by atoms with E-state index in [1.807, 2.05) is 0 Å². The van der Waals surface area contributed by atoms with Crippen molar-refractivity contribution in [2.45, 2.75) is 26.9 Å². The van der Waals surface area contributed by atoms with Crippen LogP contribution in [0.4, 0.5) is 0 Å². The topological polar surface area (TPSA) is 46.5 Å². The number of esters is 1. The first kappa shape index (κ1) is 11.3. The molecule has 0 unspecified atom stereocenters. The third kappa shape index (κ3) is 107. The molecule has 3 nitrogen and oxygen atoms in total. The van der Waals surface area contributed by atoms with Gasteiger partial charge in [-0.1, -0.05) is 0 Å². The fourth-order valence-corrected chi connectivity index (χ4v) is 0. The van der Waals surface area contributed by atoms with Crippen LogP contribution >= 0.6 is 0 Å². The number of methoxy groups -OCH3 is 1. The largest absolute Gasteiger partial charge is 0.469 e. The molecule has 3 heteroatoms. The normalized spacial score (nSPS) is 7.78. The van der Waals surface area contributed by atoms with Gasteiger partial charge in [0.05, 0.1) is 7.11 Å². The minimum Gasteiger partial charge on any atom is -0.469 e. The van der Waals surface area contributed by atoms with Gasteiger partial charge in [0.25, 0.3) is 0 Å². The Balaban J connectivity index is 0. The van der Waals surface area contributed by atoms with Crippen molar-refractivity contribution in [2.24, 2.45) is 0 Å². The SMILES string of the molecule is CC(C)O.COC(C)=O. The summed E-state index contributed by atoms with van der Waals surface area (Å²) in [5.74, 6) is -0.245. The Labute approximate surface area is 55.6 Å². The Bertz CT molecular complexity index is 65.9. The number of carbonyl (C=O) groups excluding carboxylic acids is 1. The zero-order valence-corrected chi connectivity index (χ0v) is 6.34. The molecule has 0 fully saturated rings. The lowest BCUT2D eigenvalue weighted by Crippen LogP contribution is -1.88. The van der Waals surface area contributed by atoms with Gasteiger partial charge in [-0.05, 0) is 13.8 Å². The molecule has 0 bridgehead atoms. The van der Waals surface area contributed by atoms with Crippen LogP contribution in [-0.2, 0) is 9.53 Å². The standard InChI is InChI=1S/C3H6O2.C3H8O/c1-3(4)5-2;1-3(2)4/h1-2H3;3-4H,1-2H3. The van der Waals surface area contributed by atoms with E-state index in [1.54, 1.807) is 13.8 Å². The summed E-state index contributed by atoms with van der Waals surface area (Å²) in [5.41, 5.74) is 0. The quantitative estimate of drug-likeness (QED) is 0.492.